The number of carbonyl (C=O) groups is 2. The normalized spacial score (nSPS) is 19.2. The number of piperidine rings is 1. The second-order valence-corrected chi connectivity index (χ2v) is 5.47. The van der Waals surface area contributed by atoms with Crippen LogP contribution in [-0.4, -0.2) is 16.9 Å². The highest BCUT2D eigenvalue weighted by Gasteiger charge is 2.37. The van der Waals surface area contributed by atoms with Crippen molar-refractivity contribution in [3.63, 3.8) is 0 Å². The summed E-state index contributed by atoms with van der Waals surface area (Å²) >= 11 is 0. The maximum absolute atomic E-state index is 12.0. The van der Waals surface area contributed by atoms with Gasteiger partial charge in [0, 0.05) is 12.8 Å². The second-order valence-electron chi connectivity index (χ2n) is 5.47. The van der Waals surface area contributed by atoms with E-state index in [1.807, 2.05) is 13.8 Å². The SMILES string of the molecule is CC1(C)CC(=O)N(c2ccc(CO)cc2)C(=O)C1. The molecule has 4 heteroatoms. The Balaban J connectivity index is 2.27. The maximum Gasteiger partial charge on any atom is 0.234 e. The molecule has 0 saturated carbocycles. The van der Waals surface area contributed by atoms with Gasteiger partial charge < -0.3 is 5.11 Å². The summed E-state index contributed by atoms with van der Waals surface area (Å²) in [5.74, 6) is -0.319. The van der Waals surface area contributed by atoms with E-state index in [0.717, 1.165) is 5.56 Å². The third-order valence-electron chi connectivity index (χ3n) is 3.14. The first-order valence-corrected chi connectivity index (χ1v) is 5.98. The molecular formula is C14H17NO3. The van der Waals surface area contributed by atoms with Crippen molar-refractivity contribution >= 4 is 17.5 Å². The Kier molecular flexibility index (Phi) is 3.22. The molecule has 1 fully saturated rings. The lowest BCUT2D eigenvalue weighted by Crippen LogP contribution is -2.46. The third-order valence-corrected chi connectivity index (χ3v) is 3.14. The quantitative estimate of drug-likeness (QED) is 0.811. The molecule has 18 heavy (non-hydrogen) atoms. The van der Waals surface area contributed by atoms with E-state index in [9.17, 15) is 9.59 Å². The summed E-state index contributed by atoms with van der Waals surface area (Å²) in [5.41, 5.74) is 1.09. The summed E-state index contributed by atoms with van der Waals surface area (Å²) in [4.78, 5) is 25.3. The first kappa shape index (κ1) is 12.8. The van der Waals surface area contributed by atoms with Crippen LogP contribution in [0.15, 0.2) is 24.3 Å². The number of benzene rings is 1. The highest BCUT2D eigenvalue weighted by molar-refractivity contribution is 6.16. The number of carbonyl (C=O) groups excluding carboxylic acids is 2. The molecule has 2 amide bonds. The van der Waals surface area contributed by atoms with Crippen LogP contribution < -0.4 is 4.90 Å². The summed E-state index contributed by atoms with van der Waals surface area (Å²) in [5, 5.41) is 8.96. The van der Waals surface area contributed by atoms with Gasteiger partial charge in [0.25, 0.3) is 0 Å². The molecule has 0 aromatic heterocycles. The summed E-state index contributed by atoms with van der Waals surface area (Å²) in [6, 6.07) is 6.82. The predicted octanol–water partition coefficient (Wildman–Crippen LogP) is 1.86. The van der Waals surface area contributed by atoms with Gasteiger partial charge in [-0.15, -0.1) is 0 Å². The Labute approximate surface area is 106 Å². The number of anilines is 1. The molecule has 1 aliphatic heterocycles. The van der Waals surface area contributed by atoms with E-state index in [4.69, 9.17) is 5.11 Å². The smallest absolute Gasteiger partial charge is 0.234 e. The van der Waals surface area contributed by atoms with Crippen LogP contribution in [0, 0.1) is 5.41 Å². The van der Waals surface area contributed by atoms with Gasteiger partial charge in [0.05, 0.1) is 12.3 Å². The number of aliphatic hydroxyl groups excluding tert-OH is 1. The van der Waals surface area contributed by atoms with Gasteiger partial charge in [-0.3, -0.25) is 14.5 Å². The van der Waals surface area contributed by atoms with Gasteiger partial charge in [-0.1, -0.05) is 26.0 Å². The van der Waals surface area contributed by atoms with E-state index in [0.29, 0.717) is 18.5 Å². The zero-order valence-corrected chi connectivity index (χ0v) is 10.6. The minimum absolute atomic E-state index is 0.0464. The van der Waals surface area contributed by atoms with Crippen LogP contribution in [-0.2, 0) is 16.2 Å². The highest BCUT2D eigenvalue weighted by Crippen LogP contribution is 2.33. The van der Waals surface area contributed by atoms with E-state index < -0.39 is 0 Å². The summed E-state index contributed by atoms with van der Waals surface area (Å²) in [6.07, 6.45) is 0.751. The van der Waals surface area contributed by atoms with Crippen molar-refractivity contribution in [2.75, 3.05) is 4.90 Å². The lowest BCUT2D eigenvalue weighted by atomic mass is 9.81. The first-order chi connectivity index (χ1) is 8.43. The van der Waals surface area contributed by atoms with Crippen molar-refractivity contribution in [2.24, 2.45) is 5.41 Å². The summed E-state index contributed by atoms with van der Waals surface area (Å²) < 4.78 is 0. The Morgan fingerprint density at radius 3 is 2.06 bits per heavy atom. The predicted molar refractivity (Wildman–Crippen MR) is 67.9 cm³/mol. The van der Waals surface area contributed by atoms with Gasteiger partial charge in [-0.05, 0) is 23.1 Å². The van der Waals surface area contributed by atoms with Crippen molar-refractivity contribution < 1.29 is 14.7 Å². The molecule has 2 rings (SSSR count). The monoisotopic (exact) mass is 247 g/mol. The molecule has 0 unspecified atom stereocenters. The zero-order chi connectivity index (χ0) is 13.3. The number of imide groups is 1. The van der Waals surface area contributed by atoms with E-state index in [1.54, 1.807) is 24.3 Å². The molecule has 0 spiro atoms. The summed E-state index contributed by atoms with van der Waals surface area (Å²) in [6.45, 7) is 3.80. The minimum atomic E-state index is -0.254. The molecule has 1 aliphatic rings. The Morgan fingerprint density at radius 2 is 1.61 bits per heavy atom. The number of hydrogen-bond donors (Lipinski definition) is 1. The molecule has 1 heterocycles. The largest absolute Gasteiger partial charge is 0.392 e. The van der Waals surface area contributed by atoms with Crippen LogP contribution in [0.25, 0.3) is 0 Å². The molecule has 1 aromatic rings. The van der Waals surface area contributed by atoms with Crippen LogP contribution in [0.1, 0.15) is 32.3 Å². The van der Waals surface area contributed by atoms with E-state index >= 15 is 0 Å². The fraction of sp³-hybridized carbons (Fsp3) is 0.429. The Bertz CT molecular complexity index is 456. The molecule has 0 bridgehead atoms. The highest BCUT2D eigenvalue weighted by atomic mass is 16.3. The van der Waals surface area contributed by atoms with Gasteiger partial charge in [-0.25, -0.2) is 0 Å². The van der Waals surface area contributed by atoms with Crippen molar-refractivity contribution in [3.05, 3.63) is 29.8 Å². The molecule has 1 N–H and O–H groups in total. The molecule has 96 valence electrons. The third kappa shape index (κ3) is 2.43. The van der Waals surface area contributed by atoms with Gasteiger partial charge in [0.15, 0.2) is 0 Å². The molecular weight excluding hydrogens is 230 g/mol. The molecule has 1 aromatic carbocycles. The molecule has 0 atom stereocenters. The van der Waals surface area contributed by atoms with Crippen LogP contribution in [0.4, 0.5) is 5.69 Å². The average molecular weight is 247 g/mol. The number of hydrogen-bond acceptors (Lipinski definition) is 3. The first-order valence-electron chi connectivity index (χ1n) is 5.98. The standard InChI is InChI=1S/C14H17NO3/c1-14(2)7-12(17)15(13(18)8-14)11-5-3-10(9-16)4-6-11/h3-6,16H,7-9H2,1-2H3. The number of aliphatic hydroxyl groups is 1. The number of amides is 2. The van der Waals surface area contributed by atoms with Gasteiger partial charge in [0.1, 0.15) is 0 Å². The van der Waals surface area contributed by atoms with Crippen molar-refractivity contribution in [3.8, 4) is 0 Å². The number of rotatable bonds is 2. The summed E-state index contributed by atoms with van der Waals surface area (Å²) in [7, 11) is 0. The van der Waals surface area contributed by atoms with Gasteiger partial charge in [0.2, 0.25) is 11.8 Å². The Hall–Kier alpha value is -1.68. The van der Waals surface area contributed by atoms with Gasteiger partial charge >= 0.3 is 0 Å². The lowest BCUT2D eigenvalue weighted by Gasteiger charge is -2.34. The van der Waals surface area contributed by atoms with Crippen molar-refractivity contribution in [2.45, 2.75) is 33.3 Å². The van der Waals surface area contributed by atoms with E-state index in [1.165, 1.54) is 4.90 Å². The lowest BCUT2D eigenvalue weighted by molar-refractivity contribution is -0.132. The van der Waals surface area contributed by atoms with Crippen LogP contribution in [0.2, 0.25) is 0 Å². The average Bonchev–Trinajstić information content (AvgIpc) is 2.27. The van der Waals surface area contributed by atoms with Gasteiger partial charge in [-0.2, -0.15) is 0 Å². The van der Waals surface area contributed by atoms with Crippen LogP contribution in [0.3, 0.4) is 0 Å². The zero-order valence-electron chi connectivity index (χ0n) is 10.6. The van der Waals surface area contributed by atoms with Crippen molar-refractivity contribution in [1.82, 2.24) is 0 Å². The Morgan fingerprint density at radius 1 is 1.11 bits per heavy atom. The molecule has 0 radical (unpaired) electrons. The van der Waals surface area contributed by atoms with Crippen molar-refractivity contribution in [1.29, 1.82) is 0 Å². The number of nitrogens with zero attached hydrogens (tertiary/aromatic N) is 1. The minimum Gasteiger partial charge on any atom is -0.392 e. The van der Waals surface area contributed by atoms with Crippen LogP contribution >= 0.6 is 0 Å². The van der Waals surface area contributed by atoms with Crippen LogP contribution in [0.5, 0.6) is 0 Å². The molecule has 1 saturated heterocycles. The second kappa shape index (κ2) is 4.53. The molecule has 4 nitrogen and oxygen atoms in total. The van der Waals surface area contributed by atoms with E-state index in [-0.39, 0.29) is 23.8 Å². The fourth-order valence-corrected chi connectivity index (χ4v) is 2.22. The fourth-order valence-electron chi connectivity index (χ4n) is 2.22. The topological polar surface area (TPSA) is 57.6 Å². The maximum atomic E-state index is 12.0. The van der Waals surface area contributed by atoms with E-state index in [2.05, 4.69) is 0 Å². The molecule has 0 aliphatic carbocycles.